The second kappa shape index (κ2) is 4.94. The molecule has 3 nitrogen and oxygen atoms in total. The average Bonchev–Trinajstić information content (AvgIpc) is 2.58. The Bertz CT molecular complexity index is 142. The Morgan fingerprint density at radius 2 is 2.15 bits per heavy atom. The topological polar surface area (TPSA) is 44.3 Å². The fourth-order valence-electron chi connectivity index (χ4n) is 2.04. The van der Waals surface area contributed by atoms with Crippen molar-refractivity contribution in [3.63, 3.8) is 0 Å². The van der Waals surface area contributed by atoms with Crippen molar-refractivity contribution in [3.8, 4) is 0 Å². The van der Waals surface area contributed by atoms with Crippen molar-refractivity contribution in [1.29, 1.82) is 0 Å². The lowest BCUT2D eigenvalue weighted by molar-refractivity contribution is 0.0728. The summed E-state index contributed by atoms with van der Waals surface area (Å²) in [7, 11) is 1.93. The van der Waals surface area contributed by atoms with Crippen molar-refractivity contribution < 1.29 is 5.11 Å². The standard InChI is InChI=1S/C10H22N2O/c1-7(2)10(13)9(11-3)8-5-4-6-12-8/h7-13H,4-6H2,1-3H3. The molecule has 3 heteroatoms. The smallest absolute Gasteiger partial charge is 0.0731 e. The minimum Gasteiger partial charge on any atom is -0.391 e. The van der Waals surface area contributed by atoms with Crippen LogP contribution in [0.15, 0.2) is 0 Å². The predicted octanol–water partition coefficient (Wildman–Crippen LogP) is 0.343. The molecule has 1 saturated heterocycles. The fraction of sp³-hybridized carbons (Fsp3) is 1.00. The molecule has 0 spiro atoms. The van der Waals surface area contributed by atoms with E-state index in [1.807, 2.05) is 7.05 Å². The van der Waals surface area contributed by atoms with Gasteiger partial charge in [-0.05, 0) is 32.4 Å². The van der Waals surface area contributed by atoms with Crippen LogP contribution in [-0.2, 0) is 0 Å². The van der Waals surface area contributed by atoms with Gasteiger partial charge in [-0.2, -0.15) is 0 Å². The maximum Gasteiger partial charge on any atom is 0.0731 e. The van der Waals surface area contributed by atoms with Crippen LogP contribution >= 0.6 is 0 Å². The van der Waals surface area contributed by atoms with Crippen molar-refractivity contribution in [2.45, 2.75) is 44.9 Å². The maximum absolute atomic E-state index is 9.94. The van der Waals surface area contributed by atoms with Crippen molar-refractivity contribution >= 4 is 0 Å². The van der Waals surface area contributed by atoms with Crippen LogP contribution in [0.4, 0.5) is 0 Å². The van der Waals surface area contributed by atoms with Crippen LogP contribution in [0, 0.1) is 5.92 Å². The number of aliphatic hydroxyl groups is 1. The number of nitrogens with one attached hydrogen (secondary N) is 2. The van der Waals surface area contributed by atoms with Gasteiger partial charge in [0.05, 0.1) is 6.10 Å². The largest absolute Gasteiger partial charge is 0.391 e. The minimum atomic E-state index is -0.249. The molecule has 0 bridgehead atoms. The van der Waals surface area contributed by atoms with Crippen LogP contribution in [0.3, 0.4) is 0 Å². The van der Waals surface area contributed by atoms with E-state index in [2.05, 4.69) is 24.5 Å². The van der Waals surface area contributed by atoms with E-state index in [0.29, 0.717) is 12.0 Å². The highest BCUT2D eigenvalue weighted by Gasteiger charge is 2.30. The molecule has 0 aromatic rings. The molecule has 78 valence electrons. The summed E-state index contributed by atoms with van der Waals surface area (Å²) in [6.45, 7) is 5.21. The quantitative estimate of drug-likeness (QED) is 0.593. The van der Waals surface area contributed by atoms with E-state index in [0.717, 1.165) is 6.54 Å². The van der Waals surface area contributed by atoms with Gasteiger partial charge >= 0.3 is 0 Å². The van der Waals surface area contributed by atoms with E-state index >= 15 is 0 Å². The molecule has 1 aliphatic rings. The number of aliphatic hydroxyl groups excluding tert-OH is 1. The molecule has 1 heterocycles. The van der Waals surface area contributed by atoms with Crippen LogP contribution in [-0.4, -0.2) is 36.9 Å². The highest BCUT2D eigenvalue weighted by Crippen LogP contribution is 2.16. The van der Waals surface area contributed by atoms with Gasteiger partial charge in [-0.3, -0.25) is 0 Å². The Hall–Kier alpha value is -0.120. The van der Waals surface area contributed by atoms with E-state index in [-0.39, 0.29) is 12.1 Å². The van der Waals surface area contributed by atoms with Gasteiger partial charge in [-0.1, -0.05) is 13.8 Å². The Morgan fingerprint density at radius 1 is 1.46 bits per heavy atom. The van der Waals surface area contributed by atoms with Gasteiger partial charge < -0.3 is 15.7 Å². The third-order valence-electron chi connectivity index (χ3n) is 2.92. The molecule has 3 N–H and O–H groups in total. The van der Waals surface area contributed by atoms with Gasteiger partial charge in [-0.25, -0.2) is 0 Å². The van der Waals surface area contributed by atoms with Gasteiger partial charge in [-0.15, -0.1) is 0 Å². The van der Waals surface area contributed by atoms with E-state index < -0.39 is 0 Å². The summed E-state index contributed by atoms with van der Waals surface area (Å²) in [5.74, 6) is 0.319. The van der Waals surface area contributed by atoms with Crippen LogP contribution in [0.2, 0.25) is 0 Å². The molecule has 13 heavy (non-hydrogen) atoms. The number of rotatable bonds is 4. The lowest BCUT2D eigenvalue weighted by atomic mass is 9.93. The van der Waals surface area contributed by atoms with Crippen LogP contribution in [0.1, 0.15) is 26.7 Å². The molecule has 0 amide bonds. The summed E-state index contributed by atoms with van der Waals surface area (Å²) in [5.41, 5.74) is 0. The van der Waals surface area contributed by atoms with Crippen molar-refractivity contribution in [3.05, 3.63) is 0 Å². The molecule has 1 aliphatic heterocycles. The highest BCUT2D eigenvalue weighted by molar-refractivity contribution is 4.91. The summed E-state index contributed by atoms with van der Waals surface area (Å²) in [4.78, 5) is 0. The first kappa shape index (κ1) is 11.0. The Kier molecular flexibility index (Phi) is 4.16. The van der Waals surface area contributed by atoms with Gasteiger partial charge in [0.15, 0.2) is 0 Å². The van der Waals surface area contributed by atoms with E-state index in [1.165, 1.54) is 12.8 Å². The fourth-order valence-corrected chi connectivity index (χ4v) is 2.04. The third-order valence-corrected chi connectivity index (χ3v) is 2.92. The molecule has 0 aliphatic carbocycles. The SMILES string of the molecule is CNC(C1CCCN1)C(O)C(C)C. The first-order valence-electron chi connectivity index (χ1n) is 5.25. The third kappa shape index (κ3) is 2.66. The van der Waals surface area contributed by atoms with Crippen molar-refractivity contribution in [2.75, 3.05) is 13.6 Å². The Labute approximate surface area is 80.9 Å². The predicted molar refractivity (Wildman–Crippen MR) is 54.7 cm³/mol. The molecule has 1 rings (SSSR count). The first-order chi connectivity index (χ1) is 6.16. The monoisotopic (exact) mass is 186 g/mol. The second-order valence-corrected chi connectivity index (χ2v) is 4.25. The summed E-state index contributed by atoms with van der Waals surface area (Å²) >= 11 is 0. The van der Waals surface area contributed by atoms with E-state index in [9.17, 15) is 5.11 Å². The Balaban J connectivity index is 2.49. The normalized spacial score (nSPS) is 27.9. The van der Waals surface area contributed by atoms with Crippen molar-refractivity contribution in [1.82, 2.24) is 10.6 Å². The van der Waals surface area contributed by atoms with Gasteiger partial charge in [0.2, 0.25) is 0 Å². The van der Waals surface area contributed by atoms with E-state index in [4.69, 9.17) is 0 Å². The van der Waals surface area contributed by atoms with E-state index in [1.54, 1.807) is 0 Å². The van der Waals surface area contributed by atoms with Crippen LogP contribution < -0.4 is 10.6 Å². The molecule has 3 atom stereocenters. The highest BCUT2D eigenvalue weighted by atomic mass is 16.3. The second-order valence-electron chi connectivity index (χ2n) is 4.25. The number of hydrogen-bond acceptors (Lipinski definition) is 3. The van der Waals surface area contributed by atoms with Crippen LogP contribution in [0.25, 0.3) is 0 Å². The zero-order valence-electron chi connectivity index (χ0n) is 8.88. The van der Waals surface area contributed by atoms with Crippen LogP contribution in [0.5, 0.6) is 0 Å². The minimum absolute atomic E-state index is 0.197. The average molecular weight is 186 g/mol. The van der Waals surface area contributed by atoms with Gasteiger partial charge in [0.1, 0.15) is 0 Å². The van der Waals surface area contributed by atoms with Gasteiger partial charge in [0.25, 0.3) is 0 Å². The first-order valence-corrected chi connectivity index (χ1v) is 5.25. The molecular formula is C10H22N2O. The molecule has 0 aromatic heterocycles. The Morgan fingerprint density at radius 3 is 2.54 bits per heavy atom. The summed E-state index contributed by atoms with van der Waals surface area (Å²) in [5, 5.41) is 16.6. The zero-order valence-corrected chi connectivity index (χ0v) is 8.88. The molecule has 0 aromatic carbocycles. The van der Waals surface area contributed by atoms with Gasteiger partial charge in [0, 0.05) is 12.1 Å². The summed E-state index contributed by atoms with van der Waals surface area (Å²) < 4.78 is 0. The summed E-state index contributed by atoms with van der Waals surface area (Å²) in [6, 6.07) is 0.643. The molecular weight excluding hydrogens is 164 g/mol. The number of hydrogen-bond donors (Lipinski definition) is 3. The lowest BCUT2D eigenvalue weighted by Crippen LogP contribution is -2.52. The molecule has 1 fully saturated rings. The molecule has 3 unspecified atom stereocenters. The zero-order chi connectivity index (χ0) is 9.84. The summed E-state index contributed by atoms with van der Waals surface area (Å²) in [6.07, 6.45) is 2.16. The molecule has 0 radical (unpaired) electrons. The maximum atomic E-state index is 9.94. The lowest BCUT2D eigenvalue weighted by Gasteiger charge is -2.30. The number of likely N-dealkylation sites (N-methyl/N-ethyl adjacent to an activating group) is 1. The van der Waals surface area contributed by atoms with Crippen molar-refractivity contribution in [2.24, 2.45) is 5.92 Å². The molecule has 0 saturated carbocycles.